The monoisotopic (exact) mass is 419 g/mol. The van der Waals surface area contributed by atoms with Crippen molar-refractivity contribution in [2.24, 2.45) is 5.92 Å². The fourth-order valence-corrected chi connectivity index (χ4v) is 2.84. The first-order valence-corrected chi connectivity index (χ1v) is 10.0. The van der Waals surface area contributed by atoms with Crippen LogP contribution in [0.5, 0.6) is 17.2 Å². The molecule has 3 aromatic carbocycles. The van der Waals surface area contributed by atoms with Gasteiger partial charge in [0, 0.05) is 0 Å². The SMILES string of the molecule is CC(C)COc1ccc(Oc2ccc(CC(=O)Nc3ccccc3C(=O)O)cc2)cc1. The minimum absolute atomic E-state index is 0.0558. The Hall–Kier alpha value is -3.80. The van der Waals surface area contributed by atoms with E-state index in [2.05, 4.69) is 19.2 Å². The molecule has 0 heterocycles. The lowest BCUT2D eigenvalue weighted by Crippen LogP contribution is -2.16. The summed E-state index contributed by atoms with van der Waals surface area (Å²) in [5.41, 5.74) is 1.12. The predicted molar refractivity (Wildman–Crippen MR) is 119 cm³/mol. The van der Waals surface area contributed by atoms with Crippen LogP contribution in [0.2, 0.25) is 0 Å². The summed E-state index contributed by atoms with van der Waals surface area (Å²) >= 11 is 0. The Labute approximate surface area is 181 Å². The van der Waals surface area contributed by atoms with E-state index in [4.69, 9.17) is 9.47 Å². The molecule has 0 radical (unpaired) electrons. The first-order valence-electron chi connectivity index (χ1n) is 10.0. The van der Waals surface area contributed by atoms with Crippen molar-refractivity contribution in [1.29, 1.82) is 0 Å². The fourth-order valence-electron chi connectivity index (χ4n) is 2.84. The van der Waals surface area contributed by atoms with Crippen LogP contribution in [0.15, 0.2) is 72.8 Å². The Kier molecular flexibility index (Phi) is 7.27. The van der Waals surface area contributed by atoms with Gasteiger partial charge in [-0.15, -0.1) is 0 Å². The fraction of sp³-hybridized carbons (Fsp3) is 0.200. The van der Waals surface area contributed by atoms with Gasteiger partial charge in [-0.2, -0.15) is 0 Å². The van der Waals surface area contributed by atoms with E-state index in [-0.39, 0.29) is 23.6 Å². The lowest BCUT2D eigenvalue weighted by molar-refractivity contribution is -0.115. The Morgan fingerprint density at radius 2 is 1.45 bits per heavy atom. The highest BCUT2D eigenvalue weighted by Gasteiger charge is 2.12. The molecule has 6 heteroatoms. The van der Waals surface area contributed by atoms with Crippen LogP contribution in [0.25, 0.3) is 0 Å². The van der Waals surface area contributed by atoms with E-state index in [0.29, 0.717) is 24.0 Å². The third kappa shape index (κ3) is 6.60. The van der Waals surface area contributed by atoms with Crippen LogP contribution in [0.4, 0.5) is 5.69 Å². The number of hydrogen-bond acceptors (Lipinski definition) is 4. The summed E-state index contributed by atoms with van der Waals surface area (Å²) in [6.45, 7) is 4.86. The molecule has 0 aliphatic carbocycles. The zero-order valence-electron chi connectivity index (χ0n) is 17.5. The van der Waals surface area contributed by atoms with Crippen LogP contribution < -0.4 is 14.8 Å². The van der Waals surface area contributed by atoms with Crippen molar-refractivity contribution in [1.82, 2.24) is 0 Å². The number of amides is 1. The topological polar surface area (TPSA) is 84.9 Å². The number of hydrogen-bond donors (Lipinski definition) is 2. The van der Waals surface area contributed by atoms with Crippen LogP contribution in [0, 0.1) is 5.92 Å². The van der Waals surface area contributed by atoms with E-state index in [0.717, 1.165) is 11.3 Å². The number of para-hydroxylation sites is 1. The lowest BCUT2D eigenvalue weighted by Gasteiger charge is -2.11. The summed E-state index contributed by atoms with van der Waals surface area (Å²) in [5, 5.41) is 11.9. The number of carbonyl (C=O) groups is 2. The number of rotatable bonds is 9. The number of anilines is 1. The molecular formula is C25H25NO5. The maximum atomic E-state index is 12.3. The van der Waals surface area contributed by atoms with Gasteiger partial charge in [0.25, 0.3) is 0 Å². The molecule has 0 aliphatic rings. The highest BCUT2D eigenvalue weighted by atomic mass is 16.5. The Morgan fingerprint density at radius 3 is 2.06 bits per heavy atom. The highest BCUT2D eigenvalue weighted by Crippen LogP contribution is 2.24. The Balaban J connectivity index is 1.55. The molecule has 0 unspecified atom stereocenters. The highest BCUT2D eigenvalue weighted by molar-refractivity contribution is 6.00. The van der Waals surface area contributed by atoms with Crippen molar-refractivity contribution in [2.75, 3.05) is 11.9 Å². The van der Waals surface area contributed by atoms with E-state index < -0.39 is 5.97 Å². The molecule has 3 aromatic rings. The summed E-state index contributed by atoms with van der Waals surface area (Å²) in [5.74, 6) is 1.22. The molecule has 0 atom stereocenters. The van der Waals surface area contributed by atoms with Crippen molar-refractivity contribution in [3.05, 3.63) is 83.9 Å². The van der Waals surface area contributed by atoms with E-state index in [9.17, 15) is 14.7 Å². The first-order chi connectivity index (χ1) is 14.9. The smallest absolute Gasteiger partial charge is 0.337 e. The second-order valence-electron chi connectivity index (χ2n) is 7.50. The zero-order chi connectivity index (χ0) is 22.2. The average Bonchev–Trinajstić information content (AvgIpc) is 2.75. The van der Waals surface area contributed by atoms with E-state index in [1.54, 1.807) is 42.5 Å². The summed E-state index contributed by atoms with van der Waals surface area (Å²) in [7, 11) is 0. The van der Waals surface area contributed by atoms with Gasteiger partial charge < -0.3 is 19.9 Å². The lowest BCUT2D eigenvalue weighted by atomic mass is 10.1. The molecule has 31 heavy (non-hydrogen) atoms. The van der Waals surface area contributed by atoms with E-state index in [1.165, 1.54) is 6.07 Å². The Morgan fingerprint density at radius 1 is 0.871 bits per heavy atom. The van der Waals surface area contributed by atoms with Crippen molar-refractivity contribution in [3.8, 4) is 17.2 Å². The molecule has 0 saturated heterocycles. The standard InChI is InChI=1S/C25H25NO5/c1-17(2)16-30-19-11-13-21(14-12-19)31-20-9-7-18(8-10-20)15-24(27)26-23-6-4-3-5-22(23)25(28)29/h3-14,17H,15-16H2,1-2H3,(H,26,27)(H,28,29). The number of ether oxygens (including phenoxy) is 2. The molecule has 0 spiro atoms. The van der Waals surface area contributed by atoms with Gasteiger partial charge in [0.1, 0.15) is 17.2 Å². The van der Waals surface area contributed by atoms with Gasteiger partial charge in [-0.1, -0.05) is 38.1 Å². The summed E-state index contributed by atoms with van der Waals surface area (Å²) in [6.07, 6.45) is 0.121. The quantitative estimate of drug-likeness (QED) is 0.486. The van der Waals surface area contributed by atoms with Crippen molar-refractivity contribution < 1.29 is 24.2 Å². The van der Waals surface area contributed by atoms with Gasteiger partial charge in [-0.3, -0.25) is 4.79 Å². The maximum absolute atomic E-state index is 12.3. The second-order valence-corrected chi connectivity index (χ2v) is 7.50. The molecule has 0 aliphatic heterocycles. The van der Waals surface area contributed by atoms with Crippen molar-refractivity contribution >= 4 is 17.6 Å². The minimum atomic E-state index is -1.09. The minimum Gasteiger partial charge on any atom is -0.493 e. The van der Waals surface area contributed by atoms with E-state index in [1.807, 2.05) is 24.3 Å². The van der Waals surface area contributed by atoms with Crippen LogP contribution in [-0.2, 0) is 11.2 Å². The zero-order valence-corrected chi connectivity index (χ0v) is 17.5. The first kappa shape index (κ1) is 21.9. The summed E-state index contributed by atoms with van der Waals surface area (Å²) in [6, 6.07) is 20.9. The molecule has 2 N–H and O–H groups in total. The summed E-state index contributed by atoms with van der Waals surface area (Å²) in [4.78, 5) is 23.6. The van der Waals surface area contributed by atoms with Gasteiger partial charge >= 0.3 is 5.97 Å². The van der Waals surface area contributed by atoms with Crippen LogP contribution in [0.1, 0.15) is 29.8 Å². The number of carboxylic acids is 1. The van der Waals surface area contributed by atoms with Gasteiger partial charge in [0.15, 0.2) is 0 Å². The van der Waals surface area contributed by atoms with Gasteiger partial charge in [0.2, 0.25) is 5.91 Å². The molecule has 3 rings (SSSR count). The van der Waals surface area contributed by atoms with Crippen LogP contribution >= 0.6 is 0 Å². The van der Waals surface area contributed by atoms with Gasteiger partial charge in [0.05, 0.1) is 24.3 Å². The number of carboxylic acid groups (broad SMARTS) is 1. The van der Waals surface area contributed by atoms with Crippen molar-refractivity contribution in [2.45, 2.75) is 20.3 Å². The molecule has 0 saturated carbocycles. The second kappa shape index (κ2) is 10.3. The Bertz CT molecular complexity index is 1030. The number of nitrogens with one attached hydrogen (secondary N) is 1. The molecule has 6 nitrogen and oxygen atoms in total. The molecule has 160 valence electrons. The largest absolute Gasteiger partial charge is 0.493 e. The third-order valence-electron chi connectivity index (χ3n) is 4.36. The van der Waals surface area contributed by atoms with Crippen molar-refractivity contribution in [3.63, 3.8) is 0 Å². The third-order valence-corrected chi connectivity index (χ3v) is 4.36. The normalized spacial score (nSPS) is 10.5. The molecule has 1 amide bonds. The number of benzene rings is 3. The molecular weight excluding hydrogens is 394 g/mol. The summed E-state index contributed by atoms with van der Waals surface area (Å²) < 4.78 is 11.5. The van der Waals surface area contributed by atoms with Crippen LogP contribution in [-0.4, -0.2) is 23.6 Å². The molecule has 0 aromatic heterocycles. The molecule has 0 fully saturated rings. The number of carbonyl (C=O) groups excluding carboxylic acids is 1. The van der Waals surface area contributed by atoms with Gasteiger partial charge in [-0.05, 0) is 60.0 Å². The van der Waals surface area contributed by atoms with Gasteiger partial charge in [-0.25, -0.2) is 4.79 Å². The number of aromatic carboxylic acids is 1. The van der Waals surface area contributed by atoms with Crippen LogP contribution in [0.3, 0.4) is 0 Å². The average molecular weight is 419 g/mol. The van der Waals surface area contributed by atoms with E-state index >= 15 is 0 Å². The molecule has 0 bridgehead atoms. The predicted octanol–water partition coefficient (Wildman–Crippen LogP) is 5.39. The maximum Gasteiger partial charge on any atom is 0.337 e.